The summed E-state index contributed by atoms with van der Waals surface area (Å²) >= 11 is 0. The fraction of sp³-hybridized carbons (Fsp3) is 0.381. The fourth-order valence-corrected chi connectivity index (χ4v) is 3.44. The van der Waals surface area contributed by atoms with Crippen molar-refractivity contribution in [2.75, 3.05) is 7.05 Å². The van der Waals surface area contributed by atoms with Crippen LogP contribution in [0.4, 0.5) is 0 Å². The highest BCUT2D eigenvalue weighted by Crippen LogP contribution is 2.15. The summed E-state index contributed by atoms with van der Waals surface area (Å²) in [6, 6.07) is 15.6. The number of carbonyl (C=O) groups excluding carboxylic acids is 1. The van der Waals surface area contributed by atoms with E-state index in [-0.39, 0.29) is 11.7 Å². The van der Waals surface area contributed by atoms with Crippen molar-refractivity contribution in [3.8, 4) is 0 Å². The first-order valence-electron chi connectivity index (χ1n) is 9.13. The lowest BCUT2D eigenvalue weighted by Crippen LogP contribution is -2.23. The van der Waals surface area contributed by atoms with Crippen LogP contribution in [-0.4, -0.2) is 21.4 Å². The van der Waals surface area contributed by atoms with Gasteiger partial charge >= 0.3 is 0 Å². The predicted octanol–water partition coefficient (Wildman–Crippen LogP) is 3.11. The van der Waals surface area contributed by atoms with Crippen molar-refractivity contribution in [2.45, 2.75) is 44.9 Å². The number of aryl methyl sites for hydroxylation is 1. The number of amides is 1. The molecule has 0 unspecified atom stereocenters. The summed E-state index contributed by atoms with van der Waals surface area (Å²) in [7, 11) is -1.87. The Balaban J connectivity index is 1.78. The maximum atomic E-state index is 12.1. The molecule has 2 aromatic carbocycles. The standard InChI is InChI=1S/C21H28N2O3S/c1-16(2)20-11-8-17(9-12-20)10-13-21(24)23-14-18-4-6-19(7-5-18)15-27(25,26)22-3/h4-9,11-12,16,22H,10,13-15H2,1-3H3,(H,23,24). The molecule has 5 nitrogen and oxygen atoms in total. The largest absolute Gasteiger partial charge is 0.352 e. The third-order valence-corrected chi connectivity index (χ3v) is 5.80. The Hall–Kier alpha value is -2.18. The van der Waals surface area contributed by atoms with E-state index >= 15 is 0 Å². The average Bonchev–Trinajstić information content (AvgIpc) is 2.66. The molecule has 0 aliphatic heterocycles. The molecule has 2 rings (SSSR count). The van der Waals surface area contributed by atoms with Gasteiger partial charge < -0.3 is 5.32 Å². The molecule has 6 heteroatoms. The predicted molar refractivity (Wildman–Crippen MR) is 109 cm³/mol. The van der Waals surface area contributed by atoms with Crippen LogP contribution in [0.1, 0.15) is 48.4 Å². The molecule has 0 bridgehead atoms. The van der Waals surface area contributed by atoms with Gasteiger partial charge in [-0.05, 0) is 41.6 Å². The first-order valence-corrected chi connectivity index (χ1v) is 10.8. The molecule has 0 spiro atoms. The third kappa shape index (κ3) is 7.15. The zero-order chi connectivity index (χ0) is 19.9. The smallest absolute Gasteiger partial charge is 0.220 e. The van der Waals surface area contributed by atoms with Gasteiger partial charge in [-0.3, -0.25) is 4.79 Å². The molecule has 1 amide bonds. The first-order chi connectivity index (χ1) is 12.8. The van der Waals surface area contributed by atoms with Gasteiger partial charge in [0, 0.05) is 13.0 Å². The molecule has 0 saturated carbocycles. The molecular weight excluding hydrogens is 360 g/mol. The van der Waals surface area contributed by atoms with Crippen molar-refractivity contribution in [1.82, 2.24) is 10.0 Å². The van der Waals surface area contributed by atoms with Crippen molar-refractivity contribution in [3.05, 3.63) is 70.8 Å². The summed E-state index contributed by atoms with van der Waals surface area (Å²) in [6.45, 7) is 4.76. The van der Waals surface area contributed by atoms with Crippen LogP contribution in [0.25, 0.3) is 0 Å². The van der Waals surface area contributed by atoms with Crippen molar-refractivity contribution in [3.63, 3.8) is 0 Å². The maximum Gasteiger partial charge on any atom is 0.220 e. The Labute approximate surface area is 162 Å². The highest BCUT2D eigenvalue weighted by molar-refractivity contribution is 7.88. The molecule has 0 radical (unpaired) electrons. The number of hydrogen-bond donors (Lipinski definition) is 2. The zero-order valence-corrected chi connectivity index (χ0v) is 17.0. The van der Waals surface area contributed by atoms with E-state index in [9.17, 15) is 13.2 Å². The number of carbonyl (C=O) groups is 1. The molecule has 0 heterocycles. The normalized spacial score (nSPS) is 11.6. The van der Waals surface area contributed by atoms with Gasteiger partial charge in [0.1, 0.15) is 0 Å². The van der Waals surface area contributed by atoms with Gasteiger partial charge in [0.25, 0.3) is 0 Å². The minimum atomic E-state index is -3.27. The molecule has 0 saturated heterocycles. The second-order valence-electron chi connectivity index (χ2n) is 6.95. The van der Waals surface area contributed by atoms with Crippen LogP contribution in [0, 0.1) is 0 Å². The van der Waals surface area contributed by atoms with E-state index in [1.807, 2.05) is 12.1 Å². The van der Waals surface area contributed by atoms with E-state index in [1.54, 1.807) is 12.1 Å². The number of sulfonamides is 1. The lowest BCUT2D eigenvalue weighted by molar-refractivity contribution is -0.121. The van der Waals surface area contributed by atoms with Crippen LogP contribution in [0.3, 0.4) is 0 Å². The zero-order valence-electron chi connectivity index (χ0n) is 16.2. The minimum Gasteiger partial charge on any atom is -0.352 e. The molecule has 0 aromatic heterocycles. The van der Waals surface area contributed by atoms with Crippen molar-refractivity contribution >= 4 is 15.9 Å². The number of rotatable bonds is 9. The molecule has 0 atom stereocenters. The van der Waals surface area contributed by atoms with Gasteiger partial charge in [0.05, 0.1) is 5.75 Å². The third-order valence-electron chi connectivity index (χ3n) is 4.47. The van der Waals surface area contributed by atoms with Crippen LogP contribution in [-0.2, 0) is 33.5 Å². The van der Waals surface area contributed by atoms with E-state index < -0.39 is 10.0 Å². The minimum absolute atomic E-state index is 0.00442. The summed E-state index contributed by atoms with van der Waals surface area (Å²) in [6.07, 6.45) is 1.16. The summed E-state index contributed by atoms with van der Waals surface area (Å²) in [5.41, 5.74) is 4.11. The molecule has 146 valence electrons. The van der Waals surface area contributed by atoms with Gasteiger partial charge in [0.15, 0.2) is 0 Å². The Bertz CT molecular complexity index is 842. The summed E-state index contributed by atoms with van der Waals surface area (Å²) in [5.74, 6) is 0.461. The second-order valence-corrected chi connectivity index (χ2v) is 8.88. The highest BCUT2D eigenvalue weighted by atomic mass is 32.2. The molecule has 0 fully saturated rings. The SMILES string of the molecule is CNS(=O)(=O)Cc1ccc(CNC(=O)CCc2ccc(C(C)C)cc2)cc1. The molecular formula is C21H28N2O3S. The van der Waals surface area contributed by atoms with Gasteiger partial charge in [-0.1, -0.05) is 62.4 Å². The van der Waals surface area contributed by atoms with Crippen molar-refractivity contribution in [2.24, 2.45) is 0 Å². The summed E-state index contributed by atoms with van der Waals surface area (Å²) < 4.78 is 25.4. The maximum absolute atomic E-state index is 12.1. The second kappa shape index (κ2) is 9.67. The summed E-state index contributed by atoms with van der Waals surface area (Å²) in [4.78, 5) is 12.1. The Morgan fingerprint density at radius 2 is 1.48 bits per heavy atom. The molecule has 27 heavy (non-hydrogen) atoms. The van der Waals surface area contributed by atoms with Crippen molar-refractivity contribution in [1.29, 1.82) is 0 Å². The molecule has 2 aromatic rings. The Morgan fingerprint density at radius 3 is 2.04 bits per heavy atom. The molecule has 2 N–H and O–H groups in total. The lowest BCUT2D eigenvalue weighted by atomic mass is 10.0. The average molecular weight is 389 g/mol. The van der Waals surface area contributed by atoms with Crippen LogP contribution >= 0.6 is 0 Å². The quantitative estimate of drug-likeness (QED) is 0.693. The Kier molecular flexibility index (Phi) is 7.56. The van der Waals surface area contributed by atoms with Crippen molar-refractivity contribution < 1.29 is 13.2 Å². The fourth-order valence-electron chi connectivity index (χ4n) is 2.66. The summed E-state index contributed by atoms with van der Waals surface area (Å²) in [5, 5.41) is 2.91. The topological polar surface area (TPSA) is 75.3 Å². The van der Waals surface area contributed by atoms with Crippen LogP contribution in [0.2, 0.25) is 0 Å². The Morgan fingerprint density at radius 1 is 0.926 bits per heavy atom. The highest BCUT2D eigenvalue weighted by Gasteiger charge is 2.08. The van der Waals surface area contributed by atoms with Crippen LogP contribution in [0.5, 0.6) is 0 Å². The van der Waals surface area contributed by atoms with Gasteiger partial charge in [0.2, 0.25) is 15.9 Å². The van der Waals surface area contributed by atoms with E-state index in [0.717, 1.165) is 11.1 Å². The monoisotopic (exact) mass is 388 g/mol. The van der Waals surface area contributed by atoms with E-state index in [1.165, 1.54) is 12.6 Å². The number of hydrogen-bond acceptors (Lipinski definition) is 3. The first kappa shape index (κ1) is 21.1. The van der Waals surface area contributed by atoms with E-state index in [0.29, 0.717) is 30.9 Å². The van der Waals surface area contributed by atoms with Gasteiger partial charge in [-0.25, -0.2) is 13.1 Å². The van der Waals surface area contributed by atoms with Crippen LogP contribution in [0.15, 0.2) is 48.5 Å². The van der Waals surface area contributed by atoms with Crippen LogP contribution < -0.4 is 10.0 Å². The molecule has 0 aliphatic rings. The number of benzene rings is 2. The molecule has 0 aliphatic carbocycles. The van der Waals surface area contributed by atoms with E-state index in [4.69, 9.17) is 0 Å². The lowest BCUT2D eigenvalue weighted by Gasteiger charge is -2.08. The number of nitrogens with one attached hydrogen (secondary N) is 2. The van der Waals surface area contributed by atoms with Gasteiger partial charge in [-0.2, -0.15) is 0 Å². The van der Waals surface area contributed by atoms with Gasteiger partial charge in [-0.15, -0.1) is 0 Å². The van der Waals surface area contributed by atoms with E-state index in [2.05, 4.69) is 48.2 Å².